The van der Waals surface area contributed by atoms with Crippen LogP contribution >= 0.6 is 11.3 Å². The zero-order valence-corrected chi connectivity index (χ0v) is 16.9. The normalized spacial score (nSPS) is 10.7. The van der Waals surface area contributed by atoms with Crippen LogP contribution in [0.4, 0.5) is 0 Å². The SMILES string of the molecule is Cc1ccc(OCC(=O)N/N=C\c2ccc(OC(=O)c3cccs3)cc2)cc1C. The lowest BCUT2D eigenvalue weighted by molar-refractivity contribution is -0.123. The fraction of sp³-hybridized carbons (Fsp3) is 0.136. The number of amides is 1. The number of nitrogens with zero attached hydrogens (tertiary/aromatic N) is 1. The Hall–Kier alpha value is -3.45. The maximum atomic E-state index is 11.9. The molecule has 0 bridgehead atoms. The van der Waals surface area contributed by atoms with Gasteiger partial charge in [0.2, 0.25) is 0 Å². The topological polar surface area (TPSA) is 77.0 Å². The maximum Gasteiger partial charge on any atom is 0.353 e. The minimum absolute atomic E-state index is 0.128. The first-order valence-corrected chi connectivity index (χ1v) is 9.77. The minimum atomic E-state index is -0.391. The van der Waals surface area contributed by atoms with Crippen molar-refractivity contribution in [3.8, 4) is 11.5 Å². The maximum absolute atomic E-state index is 11.9. The van der Waals surface area contributed by atoms with Gasteiger partial charge in [0, 0.05) is 0 Å². The fourth-order valence-electron chi connectivity index (χ4n) is 2.34. The van der Waals surface area contributed by atoms with Crippen LogP contribution in [0, 0.1) is 13.8 Å². The second-order valence-corrected chi connectivity index (χ2v) is 7.21. The van der Waals surface area contributed by atoms with E-state index in [4.69, 9.17) is 9.47 Å². The van der Waals surface area contributed by atoms with Crippen LogP contribution in [-0.2, 0) is 4.79 Å². The Kier molecular flexibility index (Phi) is 6.76. The monoisotopic (exact) mass is 408 g/mol. The van der Waals surface area contributed by atoms with Crippen molar-refractivity contribution < 1.29 is 19.1 Å². The van der Waals surface area contributed by atoms with Crippen LogP contribution in [0.5, 0.6) is 11.5 Å². The summed E-state index contributed by atoms with van der Waals surface area (Å²) in [4.78, 5) is 24.3. The van der Waals surface area contributed by atoms with E-state index in [-0.39, 0.29) is 12.5 Å². The summed E-state index contributed by atoms with van der Waals surface area (Å²) in [6.45, 7) is 3.87. The lowest BCUT2D eigenvalue weighted by atomic mass is 10.1. The summed E-state index contributed by atoms with van der Waals surface area (Å²) in [5.74, 6) is 0.324. The number of carbonyl (C=O) groups is 2. The number of hydrogen-bond acceptors (Lipinski definition) is 6. The molecule has 0 saturated heterocycles. The van der Waals surface area contributed by atoms with E-state index in [1.165, 1.54) is 23.1 Å². The second-order valence-electron chi connectivity index (χ2n) is 6.26. The Bertz CT molecular complexity index is 1010. The van der Waals surface area contributed by atoms with Gasteiger partial charge in [-0.3, -0.25) is 4.79 Å². The first-order chi connectivity index (χ1) is 14.0. The Morgan fingerprint density at radius 2 is 1.79 bits per heavy atom. The average Bonchev–Trinajstić information content (AvgIpc) is 3.25. The van der Waals surface area contributed by atoms with Crippen molar-refractivity contribution in [1.82, 2.24) is 5.43 Å². The molecule has 0 aliphatic heterocycles. The van der Waals surface area contributed by atoms with E-state index < -0.39 is 5.97 Å². The molecule has 0 fully saturated rings. The summed E-state index contributed by atoms with van der Waals surface area (Å²) in [7, 11) is 0. The number of thiophene rings is 1. The predicted molar refractivity (Wildman–Crippen MR) is 113 cm³/mol. The summed E-state index contributed by atoms with van der Waals surface area (Å²) < 4.78 is 10.7. The highest BCUT2D eigenvalue weighted by molar-refractivity contribution is 7.12. The van der Waals surface area contributed by atoms with E-state index >= 15 is 0 Å². The zero-order valence-electron chi connectivity index (χ0n) is 16.0. The Labute approximate surface area is 172 Å². The van der Waals surface area contributed by atoms with E-state index in [9.17, 15) is 9.59 Å². The Morgan fingerprint density at radius 3 is 2.48 bits per heavy atom. The van der Waals surface area contributed by atoms with Crippen molar-refractivity contribution in [3.63, 3.8) is 0 Å². The summed E-state index contributed by atoms with van der Waals surface area (Å²) in [6.07, 6.45) is 1.50. The van der Waals surface area contributed by atoms with Gasteiger partial charge < -0.3 is 9.47 Å². The van der Waals surface area contributed by atoms with Crippen molar-refractivity contribution in [2.75, 3.05) is 6.61 Å². The Morgan fingerprint density at radius 1 is 1.03 bits per heavy atom. The van der Waals surface area contributed by atoms with Crippen LogP contribution < -0.4 is 14.9 Å². The summed E-state index contributed by atoms with van der Waals surface area (Å²) >= 11 is 1.32. The van der Waals surface area contributed by atoms with E-state index in [1.807, 2.05) is 37.4 Å². The molecule has 1 aromatic heterocycles. The lowest BCUT2D eigenvalue weighted by Crippen LogP contribution is -2.24. The van der Waals surface area contributed by atoms with Gasteiger partial charge in [-0.15, -0.1) is 11.3 Å². The molecule has 0 spiro atoms. The number of aryl methyl sites for hydroxylation is 2. The van der Waals surface area contributed by atoms with Gasteiger partial charge in [0.25, 0.3) is 5.91 Å². The van der Waals surface area contributed by atoms with Crippen LogP contribution in [0.3, 0.4) is 0 Å². The molecule has 2 aromatic carbocycles. The number of hydrogen-bond donors (Lipinski definition) is 1. The summed E-state index contributed by atoms with van der Waals surface area (Å²) in [6, 6.07) is 16.0. The standard InChI is InChI=1S/C22H20N2O4S/c1-15-5-8-19(12-16(15)2)27-14-21(25)24-23-13-17-6-9-18(10-7-17)28-22(26)20-4-3-11-29-20/h3-13H,14H2,1-2H3,(H,24,25)/b23-13-. The highest BCUT2D eigenvalue weighted by Crippen LogP contribution is 2.17. The highest BCUT2D eigenvalue weighted by Gasteiger charge is 2.09. The van der Waals surface area contributed by atoms with E-state index in [0.29, 0.717) is 16.4 Å². The quantitative estimate of drug-likeness (QED) is 0.276. The van der Waals surface area contributed by atoms with Crippen molar-refractivity contribution in [3.05, 3.63) is 81.5 Å². The third kappa shape index (κ3) is 6.02. The van der Waals surface area contributed by atoms with Crippen LogP contribution in [0.25, 0.3) is 0 Å². The molecule has 148 valence electrons. The van der Waals surface area contributed by atoms with Crippen LogP contribution in [-0.4, -0.2) is 24.7 Å². The molecule has 29 heavy (non-hydrogen) atoms. The number of nitrogens with one attached hydrogen (secondary N) is 1. The van der Waals surface area contributed by atoms with Crippen molar-refractivity contribution in [1.29, 1.82) is 0 Å². The van der Waals surface area contributed by atoms with E-state index in [1.54, 1.807) is 36.4 Å². The molecule has 0 atom stereocenters. The van der Waals surface area contributed by atoms with Gasteiger partial charge in [-0.1, -0.05) is 12.1 Å². The number of rotatable bonds is 7. The molecule has 0 radical (unpaired) electrons. The van der Waals surface area contributed by atoms with Crippen LogP contribution in [0.15, 0.2) is 65.1 Å². The molecule has 0 saturated carbocycles. The van der Waals surface area contributed by atoms with Gasteiger partial charge in [-0.25, -0.2) is 10.2 Å². The van der Waals surface area contributed by atoms with Gasteiger partial charge in [-0.2, -0.15) is 5.10 Å². The molecule has 6 nitrogen and oxygen atoms in total. The molecule has 7 heteroatoms. The molecule has 3 aromatic rings. The molecule has 1 N–H and O–H groups in total. The van der Waals surface area contributed by atoms with E-state index in [0.717, 1.165) is 11.1 Å². The predicted octanol–water partition coefficient (Wildman–Crippen LogP) is 4.11. The average molecular weight is 408 g/mol. The summed E-state index contributed by atoms with van der Waals surface area (Å²) in [5.41, 5.74) is 5.43. The lowest BCUT2D eigenvalue weighted by Gasteiger charge is -2.07. The van der Waals surface area contributed by atoms with Crippen LogP contribution in [0.2, 0.25) is 0 Å². The zero-order chi connectivity index (χ0) is 20.6. The number of benzene rings is 2. The molecule has 0 unspecified atom stereocenters. The Balaban J connectivity index is 1.45. The third-order valence-corrected chi connectivity index (χ3v) is 4.91. The van der Waals surface area contributed by atoms with Gasteiger partial charge >= 0.3 is 5.97 Å². The molecular formula is C22H20N2O4S. The second kappa shape index (κ2) is 9.66. The van der Waals surface area contributed by atoms with Crippen molar-refractivity contribution >= 4 is 29.4 Å². The smallest absolute Gasteiger partial charge is 0.353 e. The first kappa shape index (κ1) is 20.3. The highest BCUT2D eigenvalue weighted by atomic mass is 32.1. The van der Waals surface area contributed by atoms with Gasteiger partial charge in [-0.05, 0) is 78.4 Å². The van der Waals surface area contributed by atoms with Crippen molar-refractivity contribution in [2.24, 2.45) is 5.10 Å². The van der Waals surface area contributed by atoms with Crippen molar-refractivity contribution in [2.45, 2.75) is 13.8 Å². The first-order valence-electron chi connectivity index (χ1n) is 8.89. The largest absolute Gasteiger partial charge is 0.484 e. The number of carbonyl (C=O) groups excluding carboxylic acids is 2. The molecule has 0 aliphatic rings. The molecule has 1 heterocycles. The number of hydrazone groups is 1. The fourth-order valence-corrected chi connectivity index (χ4v) is 2.94. The third-order valence-electron chi connectivity index (χ3n) is 4.06. The van der Waals surface area contributed by atoms with Gasteiger partial charge in [0.15, 0.2) is 6.61 Å². The van der Waals surface area contributed by atoms with Crippen LogP contribution in [0.1, 0.15) is 26.4 Å². The number of esters is 1. The molecule has 1 amide bonds. The van der Waals surface area contributed by atoms with Gasteiger partial charge in [0.05, 0.1) is 6.21 Å². The van der Waals surface area contributed by atoms with E-state index in [2.05, 4.69) is 10.5 Å². The molecular weight excluding hydrogens is 388 g/mol. The summed E-state index contributed by atoms with van der Waals surface area (Å²) in [5, 5.41) is 5.72. The van der Waals surface area contributed by atoms with Gasteiger partial charge in [0.1, 0.15) is 16.4 Å². The minimum Gasteiger partial charge on any atom is -0.484 e. The molecule has 0 aliphatic carbocycles. The number of ether oxygens (including phenoxy) is 2. The molecule has 3 rings (SSSR count).